The van der Waals surface area contributed by atoms with E-state index in [0.717, 1.165) is 18.5 Å². The Bertz CT molecular complexity index is 738. The molecule has 10 heteroatoms. The fourth-order valence-electron chi connectivity index (χ4n) is 1.80. The SMILES string of the molecule is O=C(Nc1cc(C(F)(F)F)cc(C(F)(F)F)c1)c1ccncc1O. The molecule has 0 aliphatic rings. The molecule has 2 aromatic rings. The first-order valence-electron chi connectivity index (χ1n) is 6.22. The number of carbonyl (C=O) groups excluding carboxylic acids is 1. The second-order valence-electron chi connectivity index (χ2n) is 4.64. The topological polar surface area (TPSA) is 62.2 Å². The van der Waals surface area contributed by atoms with Gasteiger partial charge in [-0.1, -0.05) is 0 Å². The number of anilines is 1. The summed E-state index contributed by atoms with van der Waals surface area (Å²) in [5.74, 6) is -1.65. The molecule has 1 heterocycles. The summed E-state index contributed by atoms with van der Waals surface area (Å²) in [6.07, 6.45) is -8.02. The van der Waals surface area contributed by atoms with Crippen molar-refractivity contribution in [1.82, 2.24) is 4.98 Å². The molecule has 4 nitrogen and oxygen atoms in total. The number of aromatic nitrogens is 1. The molecular weight excluding hydrogens is 342 g/mol. The lowest BCUT2D eigenvalue weighted by atomic mass is 10.1. The van der Waals surface area contributed by atoms with Gasteiger partial charge in [-0.3, -0.25) is 9.78 Å². The Hall–Kier alpha value is -2.78. The van der Waals surface area contributed by atoms with Crippen LogP contribution in [0.3, 0.4) is 0 Å². The Morgan fingerprint density at radius 3 is 2.00 bits per heavy atom. The van der Waals surface area contributed by atoms with Crippen molar-refractivity contribution in [3.8, 4) is 5.75 Å². The van der Waals surface area contributed by atoms with Crippen molar-refractivity contribution in [1.29, 1.82) is 0 Å². The number of nitrogens with one attached hydrogen (secondary N) is 1. The molecule has 2 rings (SSSR count). The second-order valence-corrected chi connectivity index (χ2v) is 4.64. The van der Waals surface area contributed by atoms with Crippen molar-refractivity contribution in [2.24, 2.45) is 0 Å². The van der Waals surface area contributed by atoms with Gasteiger partial charge in [0, 0.05) is 11.9 Å². The molecule has 1 aromatic heterocycles. The maximum absolute atomic E-state index is 12.7. The number of pyridine rings is 1. The van der Waals surface area contributed by atoms with Crippen LogP contribution in [0.15, 0.2) is 36.7 Å². The summed E-state index contributed by atoms with van der Waals surface area (Å²) in [4.78, 5) is 15.4. The zero-order valence-corrected chi connectivity index (χ0v) is 11.5. The minimum absolute atomic E-state index is 0.0560. The number of hydrogen-bond acceptors (Lipinski definition) is 3. The van der Waals surface area contributed by atoms with Gasteiger partial charge >= 0.3 is 12.4 Å². The summed E-state index contributed by atoms with van der Waals surface area (Å²) in [6, 6.07) is 1.74. The van der Waals surface area contributed by atoms with Crippen molar-refractivity contribution in [3.63, 3.8) is 0 Å². The molecule has 0 saturated carbocycles. The molecule has 0 radical (unpaired) electrons. The van der Waals surface area contributed by atoms with Gasteiger partial charge in [0.25, 0.3) is 5.91 Å². The highest BCUT2D eigenvalue weighted by atomic mass is 19.4. The normalized spacial score (nSPS) is 12.1. The lowest BCUT2D eigenvalue weighted by Crippen LogP contribution is -2.16. The molecule has 0 fully saturated rings. The largest absolute Gasteiger partial charge is 0.505 e. The number of aromatic hydroxyl groups is 1. The first-order chi connectivity index (χ1) is 11.0. The molecule has 0 atom stereocenters. The number of amides is 1. The summed E-state index contributed by atoms with van der Waals surface area (Å²) in [7, 11) is 0. The highest BCUT2D eigenvalue weighted by Crippen LogP contribution is 2.37. The van der Waals surface area contributed by atoms with Crippen molar-refractivity contribution < 1.29 is 36.2 Å². The van der Waals surface area contributed by atoms with Gasteiger partial charge in [0.1, 0.15) is 5.75 Å². The Balaban J connectivity index is 2.43. The third-order valence-corrected chi connectivity index (χ3v) is 2.89. The van der Waals surface area contributed by atoms with Gasteiger partial charge in [0.05, 0.1) is 22.9 Å². The zero-order chi connectivity index (χ0) is 18.1. The molecule has 128 valence electrons. The van der Waals surface area contributed by atoms with Gasteiger partial charge in [-0.15, -0.1) is 0 Å². The summed E-state index contributed by atoms with van der Waals surface area (Å²) in [5.41, 5.74) is -4.19. The number of rotatable bonds is 2. The van der Waals surface area contributed by atoms with Crippen LogP contribution in [-0.2, 0) is 12.4 Å². The molecule has 0 saturated heterocycles. The number of hydrogen-bond donors (Lipinski definition) is 2. The van der Waals surface area contributed by atoms with E-state index in [-0.39, 0.29) is 11.6 Å². The maximum atomic E-state index is 12.7. The van der Waals surface area contributed by atoms with E-state index >= 15 is 0 Å². The Kier molecular flexibility index (Phi) is 4.41. The third-order valence-electron chi connectivity index (χ3n) is 2.89. The van der Waals surface area contributed by atoms with Gasteiger partial charge in [0.2, 0.25) is 0 Å². The minimum atomic E-state index is -5.03. The molecule has 0 spiro atoms. The Morgan fingerprint density at radius 2 is 1.54 bits per heavy atom. The average molecular weight is 350 g/mol. The number of nitrogens with zero attached hydrogens (tertiary/aromatic N) is 1. The average Bonchev–Trinajstić information content (AvgIpc) is 2.45. The van der Waals surface area contributed by atoms with Gasteiger partial charge in [-0.25, -0.2) is 0 Å². The summed E-state index contributed by atoms with van der Waals surface area (Å²) in [5, 5.41) is 11.3. The second kappa shape index (κ2) is 6.02. The van der Waals surface area contributed by atoms with E-state index in [2.05, 4.69) is 4.98 Å². The van der Waals surface area contributed by atoms with Crippen LogP contribution in [0.1, 0.15) is 21.5 Å². The van der Waals surface area contributed by atoms with Crippen molar-refractivity contribution >= 4 is 11.6 Å². The first kappa shape index (κ1) is 17.6. The molecule has 1 aromatic carbocycles. The van der Waals surface area contributed by atoms with Crippen LogP contribution in [0.4, 0.5) is 32.0 Å². The number of carbonyl (C=O) groups is 1. The quantitative estimate of drug-likeness (QED) is 0.803. The summed E-state index contributed by atoms with van der Waals surface area (Å²) in [6.45, 7) is 0. The predicted octanol–water partition coefficient (Wildman–Crippen LogP) is 4.08. The third kappa shape index (κ3) is 3.94. The molecule has 0 bridgehead atoms. The van der Waals surface area contributed by atoms with E-state index in [1.807, 2.05) is 5.32 Å². The number of halogens is 6. The molecule has 0 aliphatic heterocycles. The van der Waals surface area contributed by atoms with Crippen LogP contribution >= 0.6 is 0 Å². The van der Waals surface area contributed by atoms with E-state index in [1.165, 1.54) is 0 Å². The van der Waals surface area contributed by atoms with E-state index in [4.69, 9.17) is 0 Å². The lowest BCUT2D eigenvalue weighted by Gasteiger charge is -2.15. The van der Waals surface area contributed by atoms with Gasteiger partial charge < -0.3 is 10.4 Å². The smallest absolute Gasteiger partial charge is 0.416 e. The van der Waals surface area contributed by atoms with Crippen LogP contribution in [-0.4, -0.2) is 16.0 Å². The van der Waals surface area contributed by atoms with E-state index in [0.29, 0.717) is 12.1 Å². The maximum Gasteiger partial charge on any atom is 0.416 e. The standard InChI is InChI=1S/C14H8F6N2O2/c15-13(16,17)7-3-8(14(18,19)20)5-9(4-7)22-12(24)10-1-2-21-6-11(10)23/h1-6,23H,(H,22,24). The summed E-state index contributed by atoms with van der Waals surface area (Å²) < 4.78 is 76.4. The molecule has 24 heavy (non-hydrogen) atoms. The van der Waals surface area contributed by atoms with Crippen LogP contribution in [0.2, 0.25) is 0 Å². The molecule has 2 N–H and O–H groups in total. The summed E-state index contributed by atoms with van der Waals surface area (Å²) >= 11 is 0. The Morgan fingerprint density at radius 1 is 1.00 bits per heavy atom. The van der Waals surface area contributed by atoms with Crippen molar-refractivity contribution in [3.05, 3.63) is 53.3 Å². The monoisotopic (exact) mass is 350 g/mol. The van der Waals surface area contributed by atoms with Gasteiger partial charge in [-0.2, -0.15) is 26.3 Å². The highest BCUT2D eigenvalue weighted by Gasteiger charge is 2.37. The fourth-order valence-corrected chi connectivity index (χ4v) is 1.80. The Labute approximate surface area is 130 Å². The van der Waals surface area contributed by atoms with E-state index in [9.17, 15) is 36.2 Å². The van der Waals surface area contributed by atoms with Crippen molar-refractivity contribution in [2.45, 2.75) is 12.4 Å². The first-order valence-corrected chi connectivity index (χ1v) is 6.22. The number of alkyl halides is 6. The number of benzene rings is 1. The molecular formula is C14H8F6N2O2. The molecule has 0 aliphatic carbocycles. The van der Waals surface area contributed by atoms with Crippen LogP contribution in [0.5, 0.6) is 5.75 Å². The van der Waals surface area contributed by atoms with Crippen LogP contribution in [0, 0.1) is 0 Å². The zero-order valence-electron chi connectivity index (χ0n) is 11.5. The van der Waals surface area contributed by atoms with E-state index in [1.54, 1.807) is 0 Å². The minimum Gasteiger partial charge on any atom is -0.505 e. The highest BCUT2D eigenvalue weighted by molar-refractivity contribution is 6.06. The molecule has 0 unspecified atom stereocenters. The molecule has 1 amide bonds. The van der Waals surface area contributed by atoms with Crippen molar-refractivity contribution in [2.75, 3.05) is 5.32 Å². The van der Waals surface area contributed by atoms with Crippen LogP contribution in [0.25, 0.3) is 0 Å². The fraction of sp³-hybridized carbons (Fsp3) is 0.143. The van der Waals surface area contributed by atoms with Gasteiger partial charge in [-0.05, 0) is 24.3 Å². The van der Waals surface area contributed by atoms with Gasteiger partial charge in [0.15, 0.2) is 0 Å². The van der Waals surface area contributed by atoms with Crippen LogP contribution < -0.4 is 5.32 Å². The van der Waals surface area contributed by atoms with E-state index < -0.39 is 40.8 Å². The lowest BCUT2D eigenvalue weighted by molar-refractivity contribution is -0.143. The predicted molar refractivity (Wildman–Crippen MR) is 70.3 cm³/mol.